The van der Waals surface area contributed by atoms with Crippen molar-refractivity contribution in [1.29, 1.82) is 0 Å². The first kappa shape index (κ1) is 29.0. The second-order valence-electron chi connectivity index (χ2n) is 14.6. The molecule has 0 aliphatic carbocycles. The summed E-state index contributed by atoms with van der Waals surface area (Å²) in [4.78, 5) is 10.8. The van der Waals surface area contributed by atoms with Gasteiger partial charge in [0.2, 0.25) is 5.95 Å². The highest BCUT2D eigenvalue weighted by molar-refractivity contribution is 6.36. The Hall–Kier alpha value is -7.50. The molecule has 0 saturated carbocycles. The van der Waals surface area contributed by atoms with Gasteiger partial charge in [-0.15, -0.1) is 0 Å². The van der Waals surface area contributed by atoms with Crippen LogP contribution in [0.15, 0.2) is 174 Å². The third-order valence-corrected chi connectivity index (χ3v) is 11.6. The minimum atomic E-state index is 0.611. The lowest BCUT2D eigenvalue weighted by Crippen LogP contribution is -2.03. The van der Waals surface area contributed by atoms with Crippen LogP contribution in [0.4, 0.5) is 0 Å². The van der Waals surface area contributed by atoms with E-state index >= 15 is 0 Å². The molecule has 5 heteroatoms. The van der Waals surface area contributed by atoms with Crippen LogP contribution in [0.25, 0.3) is 121 Å². The number of rotatable bonds is 3. The molecule has 0 fully saturated rings. The summed E-state index contributed by atoms with van der Waals surface area (Å²) < 4.78 is 11.3. The number of hydrogen-bond donors (Lipinski definition) is 0. The molecule has 0 radical (unpaired) electrons. The molecule has 0 saturated heterocycles. The Morgan fingerprint density at radius 1 is 0.418 bits per heavy atom. The third-order valence-electron chi connectivity index (χ3n) is 11.6. The molecule has 8 aromatic carbocycles. The summed E-state index contributed by atoms with van der Waals surface area (Å²) in [5.74, 6) is 0.611. The minimum Gasteiger partial charge on any atom is -0.452 e. The Balaban J connectivity index is 1.18. The number of aromatic nitrogens is 4. The lowest BCUT2D eigenvalue weighted by Gasteiger charge is -2.10. The van der Waals surface area contributed by atoms with Crippen LogP contribution >= 0.6 is 0 Å². The fourth-order valence-corrected chi connectivity index (χ4v) is 9.24. The van der Waals surface area contributed by atoms with E-state index in [4.69, 9.17) is 14.4 Å². The lowest BCUT2D eigenvalue weighted by molar-refractivity contribution is 0.666. The van der Waals surface area contributed by atoms with Crippen molar-refractivity contribution in [1.82, 2.24) is 18.9 Å². The first-order valence-corrected chi connectivity index (χ1v) is 18.7. The quantitative estimate of drug-likeness (QED) is 0.184. The summed E-state index contributed by atoms with van der Waals surface area (Å²) in [6.45, 7) is 0. The molecule has 0 amide bonds. The van der Waals surface area contributed by atoms with E-state index in [-0.39, 0.29) is 0 Å². The highest BCUT2D eigenvalue weighted by atomic mass is 16.3. The number of benzene rings is 8. The molecular formula is C50H28N4O. The Labute approximate surface area is 313 Å². The molecule has 0 N–H and O–H groups in total. The fourth-order valence-electron chi connectivity index (χ4n) is 9.24. The van der Waals surface area contributed by atoms with E-state index in [0.29, 0.717) is 11.5 Å². The van der Waals surface area contributed by atoms with Gasteiger partial charge in [0.05, 0.1) is 27.6 Å². The first-order valence-electron chi connectivity index (χ1n) is 18.7. The molecule has 5 aromatic heterocycles. The van der Waals surface area contributed by atoms with Crippen LogP contribution in [0.1, 0.15) is 0 Å². The van der Waals surface area contributed by atoms with Gasteiger partial charge in [-0.1, -0.05) is 127 Å². The standard InChI is InChI=1S/C50H28N4O/c1-2-12-29(13-3-1)30-22-24-31(25-23-30)46-49-47(36-18-8-11-21-43(36)55-49)52-50(51-46)54-40-20-10-7-17-35(40)44-42(54)28-37-34-16-6-9-19-39(34)53-41-27-33-15-5-4-14-32(33)26-38(41)45(44)48(37)53/h1-28H. The van der Waals surface area contributed by atoms with Crippen LogP contribution in [-0.4, -0.2) is 18.9 Å². The highest BCUT2D eigenvalue weighted by Gasteiger charge is 2.26. The number of para-hydroxylation sites is 3. The molecule has 55 heavy (non-hydrogen) atoms. The van der Waals surface area contributed by atoms with Gasteiger partial charge in [0.15, 0.2) is 5.58 Å². The predicted octanol–water partition coefficient (Wildman–Crippen LogP) is 13.1. The van der Waals surface area contributed by atoms with E-state index in [9.17, 15) is 0 Å². The summed E-state index contributed by atoms with van der Waals surface area (Å²) in [5, 5.41) is 10.7. The Morgan fingerprint density at radius 3 is 1.91 bits per heavy atom. The van der Waals surface area contributed by atoms with Crippen molar-refractivity contribution in [2.24, 2.45) is 0 Å². The van der Waals surface area contributed by atoms with Crippen molar-refractivity contribution in [2.75, 3.05) is 0 Å². The van der Waals surface area contributed by atoms with Gasteiger partial charge in [-0.2, -0.15) is 0 Å². The van der Waals surface area contributed by atoms with Gasteiger partial charge < -0.3 is 8.82 Å². The molecule has 0 aliphatic rings. The van der Waals surface area contributed by atoms with Crippen molar-refractivity contribution in [3.05, 3.63) is 170 Å². The third kappa shape index (κ3) is 3.86. The van der Waals surface area contributed by atoms with E-state index in [1.54, 1.807) is 0 Å². The van der Waals surface area contributed by atoms with Crippen molar-refractivity contribution >= 4 is 92.7 Å². The number of nitrogens with zero attached hydrogens (tertiary/aromatic N) is 4. The van der Waals surface area contributed by atoms with Gasteiger partial charge in [-0.3, -0.25) is 4.57 Å². The normalized spacial score (nSPS) is 12.4. The van der Waals surface area contributed by atoms with E-state index in [1.165, 1.54) is 65.2 Å². The van der Waals surface area contributed by atoms with E-state index in [1.807, 2.05) is 24.3 Å². The minimum absolute atomic E-state index is 0.611. The van der Waals surface area contributed by atoms with E-state index in [0.717, 1.165) is 44.3 Å². The largest absolute Gasteiger partial charge is 0.452 e. The monoisotopic (exact) mass is 700 g/mol. The topological polar surface area (TPSA) is 48.3 Å². The molecule has 0 aliphatic heterocycles. The SMILES string of the molecule is c1ccc(-c2ccc(-c3nc(-n4c5ccccc5c5c6c7cc8ccccc8cc7n7c8ccccc8c(cc54)c67)nc4c3oc3ccccc34)cc2)cc1. The van der Waals surface area contributed by atoms with Crippen LogP contribution in [0.5, 0.6) is 0 Å². The molecule has 0 bridgehead atoms. The van der Waals surface area contributed by atoms with Crippen molar-refractivity contribution in [3.63, 3.8) is 0 Å². The van der Waals surface area contributed by atoms with Crippen molar-refractivity contribution in [2.45, 2.75) is 0 Å². The smallest absolute Gasteiger partial charge is 0.236 e. The summed E-state index contributed by atoms with van der Waals surface area (Å²) in [6.07, 6.45) is 0. The Morgan fingerprint density at radius 2 is 1.07 bits per heavy atom. The Bertz CT molecular complexity index is 3700. The Kier molecular flexibility index (Phi) is 5.57. The first-order chi connectivity index (χ1) is 27.3. The van der Waals surface area contributed by atoms with Gasteiger partial charge in [0.1, 0.15) is 16.8 Å². The van der Waals surface area contributed by atoms with Gasteiger partial charge in [0.25, 0.3) is 0 Å². The molecule has 13 aromatic rings. The van der Waals surface area contributed by atoms with Crippen LogP contribution in [0, 0.1) is 0 Å². The fraction of sp³-hybridized carbons (Fsp3) is 0. The van der Waals surface area contributed by atoms with Gasteiger partial charge in [0, 0.05) is 43.3 Å². The molecular weight excluding hydrogens is 673 g/mol. The zero-order valence-corrected chi connectivity index (χ0v) is 29.4. The summed E-state index contributed by atoms with van der Waals surface area (Å²) in [5.41, 5.74) is 12.1. The lowest BCUT2D eigenvalue weighted by atomic mass is 10.0. The summed E-state index contributed by atoms with van der Waals surface area (Å²) >= 11 is 0. The molecule has 0 unspecified atom stereocenters. The maximum Gasteiger partial charge on any atom is 0.236 e. The van der Waals surface area contributed by atoms with Gasteiger partial charge >= 0.3 is 0 Å². The van der Waals surface area contributed by atoms with E-state index in [2.05, 4.69) is 155 Å². The molecule has 5 heterocycles. The summed E-state index contributed by atoms with van der Waals surface area (Å²) in [6, 6.07) is 60.5. The second kappa shape index (κ2) is 10.6. The average Bonchev–Trinajstić information content (AvgIpc) is 3.98. The molecule has 5 nitrogen and oxygen atoms in total. The van der Waals surface area contributed by atoms with Gasteiger partial charge in [-0.05, 0) is 64.4 Å². The van der Waals surface area contributed by atoms with Gasteiger partial charge in [-0.25, -0.2) is 9.97 Å². The molecule has 254 valence electrons. The number of fused-ring (bicyclic) bond motifs is 14. The molecule has 13 rings (SSSR count). The van der Waals surface area contributed by atoms with Crippen LogP contribution < -0.4 is 0 Å². The average molecular weight is 701 g/mol. The molecule has 0 spiro atoms. The second-order valence-corrected chi connectivity index (χ2v) is 14.6. The number of furan rings is 1. The maximum atomic E-state index is 6.58. The van der Waals surface area contributed by atoms with Crippen molar-refractivity contribution in [3.8, 4) is 28.3 Å². The molecule has 0 atom stereocenters. The number of hydrogen-bond acceptors (Lipinski definition) is 3. The van der Waals surface area contributed by atoms with Crippen molar-refractivity contribution < 1.29 is 4.42 Å². The zero-order valence-electron chi connectivity index (χ0n) is 29.4. The van der Waals surface area contributed by atoms with Crippen LogP contribution in [-0.2, 0) is 0 Å². The summed E-state index contributed by atoms with van der Waals surface area (Å²) in [7, 11) is 0. The van der Waals surface area contributed by atoms with E-state index < -0.39 is 0 Å². The maximum absolute atomic E-state index is 6.58. The predicted molar refractivity (Wildman–Crippen MR) is 227 cm³/mol. The van der Waals surface area contributed by atoms with Crippen LogP contribution in [0.3, 0.4) is 0 Å². The van der Waals surface area contributed by atoms with Crippen LogP contribution in [0.2, 0.25) is 0 Å². The zero-order chi connectivity index (χ0) is 35.8. The highest BCUT2D eigenvalue weighted by Crippen LogP contribution is 2.47.